The van der Waals surface area contributed by atoms with Gasteiger partial charge in [0, 0.05) is 83.5 Å². The zero-order valence-electron chi connectivity index (χ0n) is 52.2. The maximum atomic E-state index is 12.9. The molecule has 0 saturated carbocycles. The standard InChI is InChI=1S/C32H36N6O6.C27H33N5O4S.2C2HF3O2/c1-4-22-20(17-36-32(40)25(33)14-19-10-12-21(13-11-19)38(41)42)8-7-9-26(22)37-30-23-15-28(43-5-2)29(44-6-3)16-27(23)35-18-24(30)31(34)39;1-4-17-16(12-30-27(34)22-14-37-15-31-22)8-7-9-20(17)32-25-18-10-23(35-5-2)24(36-6-3)11-21(18)29-13-19(25)26(28)33;2*3-2(4,5)1(6)7/h7-13,15-16,18,25H,4-6,14,17,33H2,1-3H3,(H2,34,39)(H,35,37)(H,36,40);7-11,13,22,31H,4-6,12,14-15H2,1-3H3,(H2,28,33)(H,29,32)(H,30,34);2*(H,6,7)/t25-;22-;;/m10../s1. The van der Waals surface area contributed by atoms with Crippen molar-refractivity contribution in [1.82, 2.24) is 25.9 Å². The molecule has 1 saturated heterocycles. The summed E-state index contributed by atoms with van der Waals surface area (Å²) in [7, 11) is 0. The van der Waals surface area contributed by atoms with Crippen molar-refractivity contribution in [2.24, 2.45) is 17.2 Å². The zero-order chi connectivity index (χ0) is 70.3. The maximum absolute atomic E-state index is 12.9. The Morgan fingerprint density at radius 2 is 1.05 bits per heavy atom. The molecular formula is C63H71F6N11O14S. The van der Waals surface area contributed by atoms with Gasteiger partial charge in [0.2, 0.25) is 11.8 Å². The molecule has 4 amide bonds. The number of nitrogens with one attached hydrogen (secondary N) is 5. The van der Waals surface area contributed by atoms with Gasteiger partial charge in [0.05, 0.1) is 77.0 Å². The van der Waals surface area contributed by atoms with E-state index in [2.05, 4.69) is 43.5 Å². The monoisotopic (exact) mass is 1350 g/mol. The van der Waals surface area contributed by atoms with E-state index in [1.165, 1.54) is 24.5 Å². The van der Waals surface area contributed by atoms with Crippen LogP contribution in [0.3, 0.4) is 0 Å². The number of amides is 4. The Labute approximate surface area is 544 Å². The molecule has 32 heteroatoms. The summed E-state index contributed by atoms with van der Waals surface area (Å²) in [4.78, 5) is 87.4. The number of anilines is 4. The van der Waals surface area contributed by atoms with E-state index in [-0.39, 0.29) is 47.6 Å². The molecule has 510 valence electrons. The number of carboxylic acid groups (broad SMARTS) is 2. The molecular weight excluding hydrogens is 1280 g/mol. The van der Waals surface area contributed by atoms with Crippen molar-refractivity contribution in [3.63, 3.8) is 0 Å². The lowest BCUT2D eigenvalue weighted by molar-refractivity contribution is -0.384. The van der Waals surface area contributed by atoms with Crippen LogP contribution in [-0.4, -0.2) is 123 Å². The quantitative estimate of drug-likeness (QED) is 0.0145. The third kappa shape index (κ3) is 21.2. The number of non-ortho nitro benzene ring substituents is 1. The second kappa shape index (κ2) is 35.2. The summed E-state index contributed by atoms with van der Waals surface area (Å²) in [6, 6.07) is 23.7. The number of aliphatic carboxylic acids is 2. The highest BCUT2D eigenvalue weighted by atomic mass is 32.2. The Morgan fingerprint density at radius 3 is 1.40 bits per heavy atom. The lowest BCUT2D eigenvalue weighted by atomic mass is 10.0. The molecule has 13 N–H and O–H groups in total. The molecule has 2 aromatic heterocycles. The number of pyridine rings is 2. The van der Waals surface area contributed by atoms with Gasteiger partial charge in [-0.15, -0.1) is 11.8 Å². The smallest absolute Gasteiger partial charge is 0.490 e. The van der Waals surface area contributed by atoms with Gasteiger partial charge in [-0.2, -0.15) is 26.3 Å². The Morgan fingerprint density at radius 1 is 0.653 bits per heavy atom. The highest BCUT2D eigenvalue weighted by molar-refractivity contribution is 7.99. The van der Waals surface area contributed by atoms with Crippen LogP contribution in [0.15, 0.2) is 97.3 Å². The summed E-state index contributed by atoms with van der Waals surface area (Å²) in [6.07, 6.45) is -5.68. The van der Waals surface area contributed by atoms with Crippen LogP contribution in [0.2, 0.25) is 0 Å². The minimum absolute atomic E-state index is 0.00452. The first-order valence-electron chi connectivity index (χ1n) is 29.3. The lowest BCUT2D eigenvalue weighted by Crippen LogP contribution is -2.41. The van der Waals surface area contributed by atoms with Gasteiger partial charge < -0.3 is 67.6 Å². The normalized spacial score (nSPS) is 12.8. The number of benzene rings is 5. The highest BCUT2D eigenvalue weighted by Gasteiger charge is 2.39. The lowest BCUT2D eigenvalue weighted by Gasteiger charge is -2.20. The largest absolute Gasteiger partial charge is 0.490 e. The summed E-state index contributed by atoms with van der Waals surface area (Å²) >= 11 is 1.71. The molecule has 25 nitrogen and oxygen atoms in total. The Bertz CT molecular complexity index is 3850. The van der Waals surface area contributed by atoms with E-state index in [1.54, 1.807) is 36.0 Å². The van der Waals surface area contributed by atoms with Crippen LogP contribution < -0.4 is 62.7 Å². The van der Waals surface area contributed by atoms with Crippen molar-refractivity contribution in [2.45, 2.75) is 98.3 Å². The second-order valence-corrected chi connectivity index (χ2v) is 21.1. The Balaban J connectivity index is 0.000000288. The summed E-state index contributed by atoms with van der Waals surface area (Å²) in [6.45, 7) is 14.0. The molecule has 0 radical (unpaired) electrons. The number of hydrogen-bond acceptors (Lipinski definition) is 19. The fourth-order valence-corrected chi connectivity index (χ4v) is 10.3. The number of rotatable bonds is 25. The minimum atomic E-state index is -5.08. The molecule has 8 rings (SSSR count). The van der Waals surface area contributed by atoms with Gasteiger partial charge in [0.1, 0.15) is 0 Å². The molecule has 0 bridgehead atoms. The van der Waals surface area contributed by atoms with Crippen LogP contribution in [0.5, 0.6) is 23.0 Å². The van der Waals surface area contributed by atoms with E-state index in [4.69, 9.17) is 56.0 Å². The van der Waals surface area contributed by atoms with Gasteiger partial charge in [0.15, 0.2) is 23.0 Å². The SMILES string of the molecule is CCOc1cc2ncc(C(N)=O)c(Nc3cccc(CNC(=O)[C@@H]4CSCN4)c3CC)c2cc1OCC.CCOc1cc2ncc(C(N)=O)c(Nc3cccc(CNC(=O)[C@H](N)Cc4ccc([N+](=O)[O-])cc4)c3CC)c2cc1OCC.O=C(O)C(F)(F)F.O=C(O)C(F)(F)F. The fourth-order valence-electron chi connectivity index (χ4n) is 9.34. The van der Waals surface area contributed by atoms with Crippen LogP contribution in [0, 0.1) is 10.1 Å². The first-order chi connectivity index (χ1) is 45.0. The summed E-state index contributed by atoms with van der Waals surface area (Å²) in [5.74, 6) is -3.33. The van der Waals surface area contributed by atoms with E-state index < -0.39 is 47.1 Å². The average Bonchev–Trinajstić information content (AvgIpc) is 0.989. The number of nitrogens with zero attached hydrogens (tertiary/aromatic N) is 3. The first kappa shape index (κ1) is 75.5. The molecule has 0 spiro atoms. The van der Waals surface area contributed by atoms with E-state index in [9.17, 15) is 55.6 Å². The Hall–Kier alpha value is -10.2. The molecule has 1 aliphatic rings. The molecule has 95 heavy (non-hydrogen) atoms. The molecule has 7 aromatic rings. The van der Waals surface area contributed by atoms with Crippen molar-refractivity contribution in [2.75, 3.05) is 48.7 Å². The maximum Gasteiger partial charge on any atom is 0.490 e. The van der Waals surface area contributed by atoms with Gasteiger partial charge in [-0.05, 0) is 99.0 Å². The van der Waals surface area contributed by atoms with Crippen LogP contribution in [0.25, 0.3) is 21.8 Å². The number of carboxylic acids is 2. The number of nitrogens with two attached hydrogens (primary N) is 3. The number of fused-ring (bicyclic) bond motifs is 2. The van der Waals surface area contributed by atoms with Crippen molar-refractivity contribution < 1.29 is 89.2 Å². The topological polar surface area (TPSA) is 387 Å². The predicted octanol–water partition coefficient (Wildman–Crippen LogP) is 9.51. The third-order valence-corrected chi connectivity index (χ3v) is 14.7. The summed E-state index contributed by atoms with van der Waals surface area (Å²) < 4.78 is 86.6. The van der Waals surface area contributed by atoms with Crippen LogP contribution in [0.1, 0.15) is 90.1 Å². The number of primary amides is 2. The number of carbonyl (C=O) groups is 6. The molecule has 0 aliphatic carbocycles. The van der Waals surface area contributed by atoms with Gasteiger partial charge in [0.25, 0.3) is 17.5 Å². The van der Waals surface area contributed by atoms with Crippen molar-refractivity contribution in [3.8, 4) is 23.0 Å². The average molecular weight is 1350 g/mol. The number of nitro groups is 1. The fraction of sp³-hybridized carbons (Fsp3) is 0.333. The first-order valence-corrected chi connectivity index (χ1v) is 30.4. The number of hydrogen-bond donors (Lipinski definition) is 10. The second-order valence-electron chi connectivity index (χ2n) is 20.1. The number of carbonyl (C=O) groups excluding carboxylic acids is 4. The van der Waals surface area contributed by atoms with Crippen molar-refractivity contribution >= 4 is 97.6 Å². The number of nitro benzene ring substituents is 1. The van der Waals surface area contributed by atoms with E-state index in [0.29, 0.717) is 95.6 Å². The molecule has 3 heterocycles. The molecule has 0 unspecified atom stereocenters. The zero-order valence-corrected chi connectivity index (χ0v) is 53.0. The van der Waals surface area contributed by atoms with E-state index >= 15 is 0 Å². The van der Waals surface area contributed by atoms with Crippen LogP contribution in [-0.2, 0) is 51.5 Å². The number of aromatic nitrogens is 2. The molecule has 2 atom stereocenters. The third-order valence-electron chi connectivity index (χ3n) is 13.7. The van der Waals surface area contributed by atoms with Gasteiger partial charge in [-0.1, -0.05) is 50.2 Å². The molecule has 1 aliphatic heterocycles. The van der Waals surface area contributed by atoms with Gasteiger partial charge in [-0.3, -0.25) is 44.6 Å². The molecule has 1 fully saturated rings. The minimum Gasteiger partial charge on any atom is -0.490 e. The number of thioether (sulfide) groups is 1. The highest BCUT2D eigenvalue weighted by Crippen LogP contribution is 2.40. The molecule has 5 aromatic carbocycles. The predicted molar refractivity (Wildman–Crippen MR) is 344 cm³/mol. The number of alkyl halides is 6. The Kier molecular flexibility index (Phi) is 28.0. The number of halogens is 6. The van der Waals surface area contributed by atoms with Crippen LogP contribution >= 0.6 is 11.8 Å². The number of ether oxygens (including phenoxy) is 4. The summed E-state index contributed by atoms with van der Waals surface area (Å²) in [5.41, 5.74) is 26.5. The van der Waals surface area contributed by atoms with Gasteiger partial charge >= 0.3 is 24.3 Å². The summed E-state index contributed by atoms with van der Waals surface area (Å²) in [5, 5.41) is 42.5. The van der Waals surface area contributed by atoms with E-state index in [1.807, 2.05) is 83.1 Å². The van der Waals surface area contributed by atoms with E-state index in [0.717, 1.165) is 57.2 Å². The van der Waals surface area contributed by atoms with Crippen molar-refractivity contribution in [1.29, 1.82) is 0 Å². The van der Waals surface area contributed by atoms with Crippen molar-refractivity contribution in [3.05, 3.63) is 146 Å². The van der Waals surface area contributed by atoms with Crippen LogP contribution in [0.4, 0.5) is 54.8 Å². The van der Waals surface area contributed by atoms with Gasteiger partial charge in [-0.25, -0.2) is 9.59 Å².